The second kappa shape index (κ2) is 5.34. The highest BCUT2D eigenvalue weighted by molar-refractivity contribution is 6.33. The molecular formula is C13H11ClN2O4. The van der Waals surface area contributed by atoms with E-state index in [1.165, 1.54) is 18.2 Å². The molecule has 0 aliphatic heterocycles. The van der Waals surface area contributed by atoms with Crippen LogP contribution < -0.4 is 5.32 Å². The predicted octanol–water partition coefficient (Wildman–Crippen LogP) is 2.90. The van der Waals surface area contributed by atoms with E-state index in [-0.39, 0.29) is 16.3 Å². The molecule has 0 saturated heterocycles. The van der Waals surface area contributed by atoms with Crippen LogP contribution in [0.4, 0.5) is 5.69 Å². The van der Waals surface area contributed by atoms with E-state index in [1.54, 1.807) is 13.8 Å². The Bertz CT molecular complexity index is 694. The third-order valence-electron chi connectivity index (χ3n) is 2.57. The summed E-state index contributed by atoms with van der Waals surface area (Å²) in [4.78, 5) is 26.8. The molecule has 20 heavy (non-hydrogen) atoms. The SMILES string of the molecule is Cc1nc(C)c(C(=O)Nc2ccc(C(=O)O)c(Cl)c2)o1. The third-order valence-corrected chi connectivity index (χ3v) is 2.88. The number of hydrogen-bond acceptors (Lipinski definition) is 4. The van der Waals surface area contributed by atoms with Crippen LogP contribution >= 0.6 is 11.6 Å². The van der Waals surface area contributed by atoms with Gasteiger partial charge < -0.3 is 14.8 Å². The van der Waals surface area contributed by atoms with Gasteiger partial charge in [-0.1, -0.05) is 11.6 Å². The Kier molecular flexibility index (Phi) is 3.76. The van der Waals surface area contributed by atoms with Crippen LogP contribution in [0.25, 0.3) is 0 Å². The van der Waals surface area contributed by atoms with Crippen molar-refractivity contribution in [1.82, 2.24) is 4.98 Å². The number of carboxylic acids is 1. The van der Waals surface area contributed by atoms with E-state index >= 15 is 0 Å². The number of carbonyl (C=O) groups is 2. The molecule has 1 aromatic heterocycles. The van der Waals surface area contributed by atoms with Gasteiger partial charge in [0.05, 0.1) is 16.3 Å². The molecule has 104 valence electrons. The predicted molar refractivity (Wildman–Crippen MR) is 72.3 cm³/mol. The first-order chi connectivity index (χ1) is 9.38. The number of aryl methyl sites for hydroxylation is 2. The monoisotopic (exact) mass is 294 g/mol. The van der Waals surface area contributed by atoms with Gasteiger partial charge in [-0.3, -0.25) is 4.79 Å². The van der Waals surface area contributed by atoms with Crippen molar-refractivity contribution < 1.29 is 19.1 Å². The van der Waals surface area contributed by atoms with Crippen LogP contribution in [-0.4, -0.2) is 22.0 Å². The van der Waals surface area contributed by atoms with Gasteiger partial charge in [0, 0.05) is 12.6 Å². The number of anilines is 1. The fraction of sp³-hybridized carbons (Fsp3) is 0.154. The molecule has 0 saturated carbocycles. The van der Waals surface area contributed by atoms with Crippen molar-refractivity contribution in [3.8, 4) is 0 Å². The molecule has 0 unspecified atom stereocenters. The first-order valence-corrected chi connectivity index (χ1v) is 6.04. The number of rotatable bonds is 3. The standard InChI is InChI=1S/C13H11ClN2O4/c1-6-11(20-7(2)15-6)12(17)16-8-3-4-9(13(18)19)10(14)5-8/h3-5H,1-2H3,(H,16,17)(H,18,19). The lowest BCUT2D eigenvalue weighted by molar-refractivity contribution is 0.0697. The van der Waals surface area contributed by atoms with Gasteiger partial charge in [-0.05, 0) is 25.1 Å². The summed E-state index contributed by atoms with van der Waals surface area (Å²) in [7, 11) is 0. The summed E-state index contributed by atoms with van der Waals surface area (Å²) in [6.45, 7) is 3.30. The number of carbonyl (C=O) groups excluding carboxylic acids is 1. The molecule has 0 fully saturated rings. The highest BCUT2D eigenvalue weighted by Crippen LogP contribution is 2.22. The largest absolute Gasteiger partial charge is 0.478 e. The number of benzene rings is 1. The molecule has 2 aromatic rings. The molecule has 1 aromatic carbocycles. The lowest BCUT2D eigenvalue weighted by Gasteiger charge is -2.05. The van der Waals surface area contributed by atoms with Gasteiger partial charge in [0.25, 0.3) is 5.91 Å². The van der Waals surface area contributed by atoms with Crippen molar-refractivity contribution in [2.24, 2.45) is 0 Å². The van der Waals surface area contributed by atoms with Crippen LogP contribution in [0, 0.1) is 13.8 Å². The third kappa shape index (κ3) is 2.80. The number of amides is 1. The maximum atomic E-state index is 12.0. The Balaban J connectivity index is 2.22. The van der Waals surface area contributed by atoms with E-state index in [1.807, 2.05) is 0 Å². The van der Waals surface area contributed by atoms with E-state index in [4.69, 9.17) is 21.1 Å². The molecule has 1 heterocycles. The van der Waals surface area contributed by atoms with Crippen molar-refractivity contribution in [3.63, 3.8) is 0 Å². The zero-order valence-corrected chi connectivity index (χ0v) is 11.5. The summed E-state index contributed by atoms with van der Waals surface area (Å²) in [6.07, 6.45) is 0. The van der Waals surface area contributed by atoms with Gasteiger partial charge in [-0.2, -0.15) is 0 Å². The molecule has 0 radical (unpaired) electrons. The van der Waals surface area contributed by atoms with E-state index in [2.05, 4.69) is 10.3 Å². The van der Waals surface area contributed by atoms with Gasteiger partial charge in [0.2, 0.25) is 5.76 Å². The Morgan fingerprint density at radius 3 is 2.55 bits per heavy atom. The van der Waals surface area contributed by atoms with Gasteiger partial charge in [0.15, 0.2) is 5.89 Å². The minimum atomic E-state index is -1.13. The van der Waals surface area contributed by atoms with Gasteiger partial charge >= 0.3 is 5.97 Å². The topological polar surface area (TPSA) is 92.4 Å². The Labute approximate surface area is 119 Å². The van der Waals surface area contributed by atoms with Crippen LogP contribution in [0.5, 0.6) is 0 Å². The number of nitrogens with zero attached hydrogens (tertiary/aromatic N) is 1. The van der Waals surface area contributed by atoms with Crippen molar-refractivity contribution in [2.75, 3.05) is 5.32 Å². The van der Waals surface area contributed by atoms with Crippen molar-refractivity contribution in [2.45, 2.75) is 13.8 Å². The van der Waals surface area contributed by atoms with Crippen molar-refractivity contribution in [1.29, 1.82) is 0 Å². The molecule has 0 spiro atoms. The summed E-state index contributed by atoms with van der Waals surface area (Å²) in [6, 6.07) is 4.13. The molecule has 2 rings (SSSR count). The number of nitrogens with one attached hydrogen (secondary N) is 1. The molecule has 2 N–H and O–H groups in total. The molecule has 0 atom stereocenters. The Morgan fingerprint density at radius 1 is 1.35 bits per heavy atom. The lowest BCUT2D eigenvalue weighted by atomic mass is 10.2. The minimum absolute atomic E-state index is 0.0312. The van der Waals surface area contributed by atoms with Gasteiger partial charge in [-0.15, -0.1) is 0 Å². The summed E-state index contributed by atoms with van der Waals surface area (Å²) >= 11 is 5.82. The van der Waals surface area contributed by atoms with E-state index in [0.29, 0.717) is 17.3 Å². The first-order valence-electron chi connectivity index (χ1n) is 5.66. The maximum absolute atomic E-state index is 12.0. The minimum Gasteiger partial charge on any atom is -0.478 e. The van der Waals surface area contributed by atoms with Crippen LogP contribution in [0.15, 0.2) is 22.6 Å². The molecule has 0 bridgehead atoms. The highest BCUT2D eigenvalue weighted by atomic mass is 35.5. The molecular weight excluding hydrogens is 284 g/mol. The average Bonchev–Trinajstić information content (AvgIpc) is 2.68. The maximum Gasteiger partial charge on any atom is 0.337 e. The summed E-state index contributed by atoms with van der Waals surface area (Å²) in [5, 5.41) is 11.5. The molecule has 7 heteroatoms. The van der Waals surface area contributed by atoms with Crippen LogP contribution in [0.2, 0.25) is 5.02 Å². The highest BCUT2D eigenvalue weighted by Gasteiger charge is 2.17. The normalized spacial score (nSPS) is 10.3. The average molecular weight is 295 g/mol. The second-order valence-electron chi connectivity index (χ2n) is 4.10. The Hall–Kier alpha value is -2.34. The molecule has 0 aliphatic carbocycles. The van der Waals surface area contributed by atoms with Gasteiger partial charge in [0.1, 0.15) is 0 Å². The van der Waals surface area contributed by atoms with Gasteiger partial charge in [-0.25, -0.2) is 9.78 Å². The quantitative estimate of drug-likeness (QED) is 0.908. The van der Waals surface area contributed by atoms with Crippen LogP contribution in [0.1, 0.15) is 32.5 Å². The van der Waals surface area contributed by atoms with Crippen LogP contribution in [-0.2, 0) is 0 Å². The molecule has 6 nitrogen and oxygen atoms in total. The Morgan fingerprint density at radius 2 is 2.05 bits per heavy atom. The fourth-order valence-corrected chi connectivity index (χ4v) is 1.96. The number of oxazole rings is 1. The van der Waals surface area contributed by atoms with Crippen molar-refractivity contribution in [3.05, 3.63) is 46.1 Å². The lowest BCUT2D eigenvalue weighted by Crippen LogP contribution is -2.12. The summed E-state index contributed by atoms with van der Waals surface area (Å²) in [5.41, 5.74) is 0.822. The van der Waals surface area contributed by atoms with E-state index in [9.17, 15) is 9.59 Å². The molecule has 1 amide bonds. The number of aromatic carboxylic acids is 1. The summed E-state index contributed by atoms with van der Waals surface area (Å²) in [5.74, 6) is -1.09. The zero-order chi connectivity index (χ0) is 14.9. The number of aromatic nitrogens is 1. The summed E-state index contributed by atoms with van der Waals surface area (Å²) < 4.78 is 5.19. The first kappa shape index (κ1) is 14.1. The van der Waals surface area contributed by atoms with Crippen LogP contribution in [0.3, 0.4) is 0 Å². The second-order valence-corrected chi connectivity index (χ2v) is 4.51. The smallest absolute Gasteiger partial charge is 0.337 e. The number of halogens is 1. The fourth-order valence-electron chi connectivity index (χ4n) is 1.70. The number of carboxylic acid groups (broad SMARTS) is 1. The number of hydrogen-bond donors (Lipinski definition) is 2. The van der Waals surface area contributed by atoms with E-state index in [0.717, 1.165) is 0 Å². The van der Waals surface area contributed by atoms with E-state index < -0.39 is 11.9 Å². The zero-order valence-electron chi connectivity index (χ0n) is 10.7. The molecule has 0 aliphatic rings. The van der Waals surface area contributed by atoms with Crippen molar-refractivity contribution >= 4 is 29.2 Å².